The molecule has 1 aliphatic rings. The van der Waals surface area contributed by atoms with Crippen molar-refractivity contribution < 1.29 is 23.8 Å². The summed E-state index contributed by atoms with van der Waals surface area (Å²) in [4.78, 5) is 49.6. The second kappa shape index (κ2) is 10.8. The molecule has 12 nitrogen and oxygen atoms in total. The van der Waals surface area contributed by atoms with Crippen molar-refractivity contribution in [1.29, 1.82) is 0 Å². The van der Waals surface area contributed by atoms with Crippen LogP contribution in [0.2, 0.25) is 0 Å². The molecular weight excluding hydrogens is 518 g/mol. The van der Waals surface area contributed by atoms with Gasteiger partial charge < -0.3 is 19.9 Å². The van der Waals surface area contributed by atoms with Gasteiger partial charge in [-0.15, -0.1) is 0 Å². The SMILES string of the molecule is Cn1c(N)c(C(=O)COC(=O)C=Cc2cn(-c3ccccc3)nc2-c2ccc3c(c2)OCCO3)c(=O)n(C)c1=O. The van der Waals surface area contributed by atoms with Gasteiger partial charge in [-0.3, -0.25) is 18.7 Å². The van der Waals surface area contributed by atoms with Crippen molar-refractivity contribution in [3.8, 4) is 28.4 Å². The third kappa shape index (κ3) is 5.01. The molecule has 2 N–H and O–H groups in total. The van der Waals surface area contributed by atoms with Gasteiger partial charge in [0, 0.05) is 37.5 Å². The van der Waals surface area contributed by atoms with E-state index < -0.39 is 35.2 Å². The maximum Gasteiger partial charge on any atom is 0.332 e. The molecule has 2 aromatic carbocycles. The Balaban J connectivity index is 1.39. The lowest BCUT2D eigenvalue weighted by Crippen LogP contribution is -2.42. The highest BCUT2D eigenvalue weighted by atomic mass is 16.6. The van der Waals surface area contributed by atoms with Crippen molar-refractivity contribution in [3.05, 3.63) is 92.8 Å². The van der Waals surface area contributed by atoms with Crippen LogP contribution in [-0.4, -0.2) is 50.5 Å². The Morgan fingerprint density at radius 1 is 1.02 bits per heavy atom. The predicted octanol–water partition coefficient (Wildman–Crippen LogP) is 1.73. The number of ether oxygens (including phenoxy) is 3. The lowest BCUT2D eigenvalue weighted by molar-refractivity contribution is -0.136. The fourth-order valence-corrected chi connectivity index (χ4v) is 4.17. The van der Waals surface area contributed by atoms with E-state index in [-0.39, 0.29) is 5.82 Å². The number of benzene rings is 2. The highest BCUT2D eigenvalue weighted by Crippen LogP contribution is 2.35. The summed E-state index contributed by atoms with van der Waals surface area (Å²) < 4.78 is 19.8. The van der Waals surface area contributed by atoms with Crippen LogP contribution in [0.25, 0.3) is 23.0 Å². The molecular formula is C28H25N5O7. The molecule has 4 aromatic rings. The molecule has 204 valence electrons. The summed E-state index contributed by atoms with van der Waals surface area (Å²) in [6.45, 7) is 0.166. The highest BCUT2D eigenvalue weighted by Gasteiger charge is 2.21. The number of carbonyl (C=O) groups is 2. The summed E-state index contributed by atoms with van der Waals surface area (Å²) in [5.74, 6) is -0.730. The molecule has 0 amide bonds. The number of rotatable bonds is 7. The van der Waals surface area contributed by atoms with Gasteiger partial charge in [-0.25, -0.2) is 14.3 Å². The Labute approximate surface area is 227 Å². The monoisotopic (exact) mass is 543 g/mol. The van der Waals surface area contributed by atoms with Gasteiger partial charge in [0.25, 0.3) is 5.56 Å². The maximum atomic E-state index is 12.7. The maximum absolute atomic E-state index is 12.7. The fraction of sp³-hybridized carbons (Fsp3) is 0.179. The molecule has 0 spiro atoms. The molecule has 0 atom stereocenters. The molecule has 0 bridgehead atoms. The van der Waals surface area contributed by atoms with E-state index >= 15 is 0 Å². The first-order valence-electron chi connectivity index (χ1n) is 12.2. The molecule has 0 unspecified atom stereocenters. The molecule has 0 saturated carbocycles. The largest absolute Gasteiger partial charge is 0.486 e. The average molecular weight is 544 g/mol. The Morgan fingerprint density at radius 2 is 1.75 bits per heavy atom. The van der Waals surface area contributed by atoms with Crippen LogP contribution in [0.4, 0.5) is 5.82 Å². The number of carbonyl (C=O) groups excluding carboxylic acids is 2. The molecule has 0 radical (unpaired) electrons. The van der Waals surface area contributed by atoms with Crippen LogP contribution in [0, 0.1) is 0 Å². The number of hydrogen-bond acceptors (Lipinski definition) is 9. The van der Waals surface area contributed by atoms with Gasteiger partial charge >= 0.3 is 11.7 Å². The number of nitrogens with two attached hydrogens (primary N) is 1. The fourth-order valence-electron chi connectivity index (χ4n) is 4.17. The van der Waals surface area contributed by atoms with Crippen molar-refractivity contribution in [3.63, 3.8) is 0 Å². The summed E-state index contributed by atoms with van der Waals surface area (Å²) in [7, 11) is 2.56. The van der Waals surface area contributed by atoms with E-state index in [4.69, 9.17) is 25.0 Å². The first kappa shape index (κ1) is 26.2. The smallest absolute Gasteiger partial charge is 0.332 e. The third-order valence-electron chi connectivity index (χ3n) is 6.31. The number of anilines is 1. The van der Waals surface area contributed by atoms with Gasteiger partial charge in [0.15, 0.2) is 18.1 Å². The van der Waals surface area contributed by atoms with Gasteiger partial charge in [-0.05, 0) is 36.4 Å². The number of ketones is 1. The van der Waals surface area contributed by atoms with E-state index in [0.717, 1.165) is 26.5 Å². The molecule has 5 rings (SSSR count). The first-order valence-corrected chi connectivity index (χ1v) is 12.2. The van der Waals surface area contributed by atoms with Gasteiger partial charge in [-0.2, -0.15) is 5.10 Å². The van der Waals surface area contributed by atoms with Crippen molar-refractivity contribution in [2.45, 2.75) is 0 Å². The van der Waals surface area contributed by atoms with Crippen molar-refractivity contribution in [2.24, 2.45) is 14.1 Å². The highest BCUT2D eigenvalue weighted by molar-refractivity contribution is 6.02. The molecule has 0 saturated heterocycles. The van der Waals surface area contributed by atoms with Gasteiger partial charge in [0.2, 0.25) is 5.78 Å². The predicted molar refractivity (Wildman–Crippen MR) is 146 cm³/mol. The van der Waals surface area contributed by atoms with Crippen molar-refractivity contribution >= 4 is 23.6 Å². The minimum atomic E-state index is -0.866. The number of para-hydroxylation sites is 1. The standard InChI is InChI=1S/C28H25N5O7/c1-31-26(29)24(27(36)32(2)28(31)37)20(34)16-40-23(35)11-9-18-15-33(19-6-4-3-5-7-19)30-25(18)17-8-10-21-22(14-17)39-13-12-38-21/h3-11,14-15H,12-13,16,29H2,1-2H3. The lowest BCUT2D eigenvalue weighted by Gasteiger charge is -2.18. The van der Waals surface area contributed by atoms with Gasteiger partial charge in [0.05, 0.1) is 5.69 Å². The second-order valence-corrected chi connectivity index (χ2v) is 8.90. The van der Waals surface area contributed by atoms with Crippen molar-refractivity contribution in [1.82, 2.24) is 18.9 Å². The summed E-state index contributed by atoms with van der Waals surface area (Å²) in [6, 6.07) is 14.9. The molecule has 3 heterocycles. The molecule has 1 aliphatic heterocycles. The summed E-state index contributed by atoms with van der Waals surface area (Å²) in [6.07, 6.45) is 4.43. The van der Waals surface area contributed by atoms with Gasteiger partial charge in [0.1, 0.15) is 30.3 Å². The third-order valence-corrected chi connectivity index (χ3v) is 6.31. The number of nitrogens with zero attached hydrogens (tertiary/aromatic N) is 4. The average Bonchev–Trinajstić information content (AvgIpc) is 3.41. The van der Waals surface area contributed by atoms with Gasteiger partial charge in [-0.1, -0.05) is 18.2 Å². The van der Waals surface area contributed by atoms with Crippen molar-refractivity contribution in [2.75, 3.05) is 25.6 Å². The first-order chi connectivity index (χ1) is 19.2. The Hall–Kier alpha value is -5.39. The number of nitrogen functional groups attached to an aromatic ring is 1. The molecule has 0 fully saturated rings. The van der Waals surface area contributed by atoms with Crippen LogP contribution in [0.1, 0.15) is 15.9 Å². The number of aromatic nitrogens is 4. The van der Waals surface area contributed by atoms with E-state index in [2.05, 4.69) is 0 Å². The molecule has 40 heavy (non-hydrogen) atoms. The zero-order chi connectivity index (χ0) is 28.4. The number of hydrogen-bond donors (Lipinski definition) is 1. The number of fused-ring (bicyclic) bond motifs is 1. The Morgan fingerprint density at radius 3 is 2.50 bits per heavy atom. The lowest BCUT2D eigenvalue weighted by atomic mass is 10.1. The Kier molecular flexibility index (Phi) is 7.06. The van der Waals surface area contributed by atoms with E-state index in [1.54, 1.807) is 16.9 Å². The van der Waals surface area contributed by atoms with Crippen LogP contribution in [0.3, 0.4) is 0 Å². The normalized spacial score (nSPS) is 12.4. The molecule has 0 aliphatic carbocycles. The second-order valence-electron chi connectivity index (χ2n) is 8.90. The van der Waals surface area contributed by atoms with Crippen LogP contribution in [0.5, 0.6) is 11.5 Å². The van der Waals surface area contributed by atoms with E-state index in [1.807, 2.05) is 42.5 Å². The van der Waals surface area contributed by atoms with Crippen LogP contribution in [0.15, 0.2) is 70.4 Å². The zero-order valence-electron chi connectivity index (χ0n) is 21.7. The summed E-state index contributed by atoms with van der Waals surface area (Å²) >= 11 is 0. The quantitative estimate of drug-likeness (QED) is 0.209. The van der Waals surface area contributed by atoms with Crippen LogP contribution < -0.4 is 26.5 Å². The van der Waals surface area contributed by atoms with Crippen LogP contribution in [-0.2, 0) is 23.6 Å². The topological polar surface area (TPSA) is 150 Å². The number of Topliss-reactive ketones (excluding diaryl/α,β-unsaturated/α-hetero) is 1. The summed E-state index contributed by atoms with van der Waals surface area (Å²) in [5, 5.41) is 4.72. The van der Waals surface area contributed by atoms with E-state index in [9.17, 15) is 19.2 Å². The minimum Gasteiger partial charge on any atom is -0.486 e. The Bertz CT molecular complexity index is 1770. The summed E-state index contributed by atoms with van der Waals surface area (Å²) in [5.41, 5.74) is 6.56. The number of esters is 1. The van der Waals surface area contributed by atoms with E-state index in [1.165, 1.54) is 20.2 Å². The minimum absolute atomic E-state index is 0.304. The molecule has 2 aromatic heterocycles. The van der Waals surface area contributed by atoms with Crippen LogP contribution >= 0.6 is 0 Å². The van der Waals surface area contributed by atoms with E-state index in [0.29, 0.717) is 36.0 Å². The molecule has 12 heteroatoms. The zero-order valence-corrected chi connectivity index (χ0v) is 21.7.